The molecule has 13 amide bonds. The lowest BCUT2D eigenvalue weighted by molar-refractivity contribution is -0.460. The summed E-state index contributed by atoms with van der Waals surface area (Å²) in [6, 6.07) is 1.24. The van der Waals surface area contributed by atoms with Crippen LogP contribution in [0.2, 0.25) is 0 Å². The summed E-state index contributed by atoms with van der Waals surface area (Å²) in [6.07, 6.45) is 0.464. The normalized spacial score (nSPS) is 14.1. The highest BCUT2D eigenvalue weighted by Crippen LogP contribution is 2.17. The average Bonchev–Trinajstić information content (AvgIpc) is 1.21. The number of aromatic nitrogens is 2. The Balaban J connectivity index is 1.63. The van der Waals surface area contributed by atoms with Gasteiger partial charge in [-0.05, 0) is 105 Å². The van der Waals surface area contributed by atoms with Gasteiger partial charge in [0.1, 0.15) is 84.0 Å². The zero-order chi connectivity index (χ0) is 86.3. The summed E-state index contributed by atoms with van der Waals surface area (Å²) in [5.41, 5.74) is 27.5. The van der Waals surface area contributed by atoms with E-state index in [1.807, 2.05) is 0 Å². The molecule has 0 aliphatic heterocycles. The Bertz CT molecular complexity index is 4030. The van der Waals surface area contributed by atoms with Crippen LogP contribution in [0.15, 0.2) is 91.4 Å². The molecule has 3 aromatic carbocycles. The summed E-state index contributed by atoms with van der Waals surface area (Å²) >= 11 is 0. The predicted octanol–water partition coefficient (Wildman–Crippen LogP) is -10.8. The third kappa shape index (κ3) is 35.4. The van der Waals surface area contributed by atoms with Crippen molar-refractivity contribution in [1.29, 1.82) is 0 Å². The molecule has 634 valence electrons. The van der Waals surface area contributed by atoms with E-state index in [2.05, 4.69) is 94.8 Å². The second-order valence-corrected chi connectivity index (χ2v) is 28.3. The van der Waals surface area contributed by atoms with Gasteiger partial charge < -0.3 is 105 Å². The first-order valence-electron chi connectivity index (χ1n) is 37.4. The number of phenols is 2. The van der Waals surface area contributed by atoms with E-state index in [9.17, 15) is 97.5 Å². The van der Waals surface area contributed by atoms with Gasteiger partial charge in [0.15, 0.2) is 6.54 Å². The van der Waals surface area contributed by atoms with Gasteiger partial charge in [-0.25, -0.2) is 4.98 Å². The molecule has 0 aliphatic carbocycles. The molecule has 42 nitrogen and oxygen atoms in total. The molecule has 1 heterocycles. The Labute approximate surface area is 667 Å². The molecule has 0 unspecified atom stereocenters. The van der Waals surface area contributed by atoms with Crippen LogP contribution in [0.3, 0.4) is 0 Å². The number of aromatic hydroxyl groups is 2. The van der Waals surface area contributed by atoms with E-state index in [1.54, 1.807) is 58.0 Å². The van der Waals surface area contributed by atoms with Crippen molar-refractivity contribution in [2.45, 2.75) is 185 Å². The number of guanidine groups is 2. The molecule has 0 bridgehead atoms. The zero-order valence-electron chi connectivity index (χ0n) is 65.4. The van der Waals surface area contributed by atoms with E-state index >= 15 is 0 Å². The molecule has 0 saturated carbocycles. The molecule has 4 aromatic rings. The number of quaternary nitrogens is 1. The number of carbonyl (C=O) groups excluding carboxylic acids is 13. The number of aromatic amines is 1. The number of H-pyrrole nitrogens is 1. The van der Waals surface area contributed by atoms with E-state index in [0.717, 1.165) is 0 Å². The van der Waals surface area contributed by atoms with Crippen LogP contribution < -0.4 is 108 Å². The Kier molecular flexibility index (Phi) is 40.1. The standard InChI is InChI=1S/C74H108N22O20/c1-38(2)26-50(91-69(112)54(28-42-12-8-7-9-13-42)93-63(106)49(15-11-25-82-74(78)79)89-61(104)40(5)85-65(108)56(32-60(102)103)96-71(114)57(36-97)88-58(100)33-75)66(109)90-48(14-10-24-81-73(76)77)62(105)83-35-59(101)87-52(29-43-16-20-46(98)21-17-43)68(111)95-55(31-45-34-80-37-84-45)70(113)92-51(27-39(3)4)67(110)94-53(64(107)86-41(6)72(115)116)30-44-18-22-47(99)23-19-44/h7-9,12-13,16-23,34,37-41,48-57,97-99H,10-11,14-15,24-33,35-36,75H2,1-6H3,(H,80,84)(H,83,105)(H,85,108)(H,86,107)(H,87,101)(H,88,100)(H,89,104)(H,90,109)(H,91,112)(H,92,113)(H,93,106)(H,94,110)(H,95,111)(H,96,114)(H,102,103)(H,115,116)(H4,76,77,81)(H4,78,79,82)/p+3/t40-,41-,48-,49-,50-,51-,52-,53-,54-,55-,56-,57-/m0/s1. The van der Waals surface area contributed by atoms with Crippen LogP contribution >= 0.6 is 0 Å². The minimum absolute atomic E-state index is 0.0260. The average molecular weight is 1630 g/mol. The van der Waals surface area contributed by atoms with Crippen molar-refractivity contribution in [3.63, 3.8) is 0 Å². The summed E-state index contributed by atoms with van der Waals surface area (Å²) in [5, 5.41) is 81.5. The third-order valence-corrected chi connectivity index (χ3v) is 17.5. The summed E-state index contributed by atoms with van der Waals surface area (Å²) < 4.78 is 0. The van der Waals surface area contributed by atoms with Crippen molar-refractivity contribution >= 4 is 101 Å². The number of rotatable bonds is 50. The maximum absolute atomic E-state index is 14.8. The maximum atomic E-state index is 14.8. The Morgan fingerprint density at radius 1 is 0.431 bits per heavy atom. The highest BCUT2D eigenvalue weighted by atomic mass is 16.4. The number of hydrogen-bond donors (Lipinski definition) is 26. The summed E-state index contributed by atoms with van der Waals surface area (Å²) in [5.74, 6) is -16.6. The van der Waals surface area contributed by atoms with Crippen molar-refractivity contribution < 1.29 is 113 Å². The van der Waals surface area contributed by atoms with Gasteiger partial charge in [0.2, 0.25) is 70.9 Å². The van der Waals surface area contributed by atoms with Crippen LogP contribution in [0.4, 0.5) is 0 Å². The van der Waals surface area contributed by atoms with Gasteiger partial charge in [-0.2, -0.15) is 0 Å². The second kappa shape index (κ2) is 48.8. The van der Waals surface area contributed by atoms with Gasteiger partial charge >= 0.3 is 23.9 Å². The Morgan fingerprint density at radius 2 is 0.802 bits per heavy atom. The van der Waals surface area contributed by atoms with E-state index < -0.39 is 181 Å². The number of carboxylic acid groups (broad SMARTS) is 2. The summed E-state index contributed by atoms with van der Waals surface area (Å²) in [6.45, 7) is 7.35. The summed E-state index contributed by atoms with van der Waals surface area (Å²) in [7, 11) is 0. The zero-order valence-corrected chi connectivity index (χ0v) is 65.4. The number of imidazole rings is 1. The topological polar surface area (TPSA) is 702 Å². The van der Waals surface area contributed by atoms with E-state index in [0.29, 0.717) is 16.7 Å². The Morgan fingerprint density at radius 3 is 1.23 bits per heavy atom. The number of aliphatic hydroxyl groups excluding tert-OH is 1. The molecular formula is C74H111N22O20+3. The number of amides is 13. The van der Waals surface area contributed by atoms with Gasteiger partial charge in [0.05, 0.1) is 44.7 Å². The quantitative estimate of drug-likeness (QED) is 0.0111. The largest absolute Gasteiger partial charge is 0.508 e. The van der Waals surface area contributed by atoms with Gasteiger partial charge in [-0.1, -0.05) is 82.3 Å². The Hall–Kier alpha value is -13.0. The number of carboxylic acids is 2. The minimum atomic E-state index is -1.86. The van der Waals surface area contributed by atoms with Crippen LogP contribution in [-0.4, -0.2) is 241 Å². The fourth-order valence-corrected chi connectivity index (χ4v) is 11.4. The van der Waals surface area contributed by atoms with E-state index in [1.165, 1.54) is 74.9 Å². The number of hydrogen-bond acceptors (Lipinski definition) is 19. The number of nitrogens with two attached hydrogens (primary N) is 4. The van der Waals surface area contributed by atoms with Crippen molar-refractivity contribution in [2.24, 2.45) is 34.8 Å². The van der Waals surface area contributed by atoms with Crippen molar-refractivity contribution in [3.05, 3.63) is 114 Å². The number of aliphatic carboxylic acids is 2. The number of carbonyl (C=O) groups is 15. The van der Waals surface area contributed by atoms with Gasteiger partial charge in [-0.3, -0.25) is 105 Å². The van der Waals surface area contributed by atoms with Crippen molar-refractivity contribution in [2.75, 3.05) is 32.8 Å². The SMILES string of the molecule is CC(C)C[C@H](NC(=O)[C@H](Cc1ccccc1)NC(=O)[C@H](CCC[NH+]=C(N)N)NC(=O)[C@H](C)NC(=O)[C@H](CC(=O)O)NC(=O)[C@H](CO)NC(=O)C[NH3+])C(=O)N[C@@H](CCC[NH+]=C(N)N)C(=O)NCC(=O)N[C@@H](Cc1ccc(O)cc1)C(=O)N[C@@H](Cc1c[nH]cn1)C(=O)N[C@@H](CC(C)C)C(=O)N[C@@H](Cc1ccc(O)cc1)C(=O)N[C@@H](C)C(=O)O. The van der Waals surface area contributed by atoms with Crippen molar-refractivity contribution in [1.82, 2.24) is 79.1 Å². The number of nitrogens with zero attached hydrogens (tertiary/aromatic N) is 1. The lowest BCUT2D eigenvalue weighted by Crippen LogP contribution is -2.78. The first kappa shape index (κ1) is 95.4. The fraction of sp³-hybridized carbons (Fsp3) is 0.486. The van der Waals surface area contributed by atoms with E-state index in [-0.39, 0.29) is 125 Å². The molecule has 12 atom stereocenters. The van der Waals surface area contributed by atoms with Crippen LogP contribution in [0, 0.1) is 11.8 Å². The van der Waals surface area contributed by atoms with E-state index in [4.69, 9.17) is 22.9 Å². The first-order chi connectivity index (χ1) is 54.8. The second-order valence-electron chi connectivity index (χ2n) is 28.3. The predicted molar refractivity (Wildman–Crippen MR) is 414 cm³/mol. The van der Waals surface area contributed by atoms with Crippen LogP contribution in [-0.2, 0) is 97.6 Å². The van der Waals surface area contributed by atoms with Crippen LogP contribution in [0.25, 0.3) is 0 Å². The molecule has 0 radical (unpaired) electrons. The number of phenolic OH excluding ortho intramolecular Hbond substituents is 2. The first-order valence-corrected chi connectivity index (χ1v) is 37.4. The van der Waals surface area contributed by atoms with Crippen LogP contribution in [0.5, 0.6) is 11.5 Å². The molecule has 1 aromatic heterocycles. The molecule has 32 N–H and O–H groups in total. The number of nitrogens with one attached hydrogen (secondary N) is 16. The molecule has 0 fully saturated rings. The molecule has 0 spiro atoms. The highest BCUT2D eigenvalue weighted by Gasteiger charge is 2.37. The smallest absolute Gasteiger partial charge is 0.338 e. The molecular weight excluding hydrogens is 1520 g/mol. The summed E-state index contributed by atoms with van der Waals surface area (Å²) in [4.78, 5) is 219. The molecule has 4 rings (SSSR count). The maximum Gasteiger partial charge on any atom is 0.338 e. The molecule has 0 saturated heterocycles. The van der Waals surface area contributed by atoms with Gasteiger partial charge in [0.25, 0.3) is 5.91 Å². The third-order valence-electron chi connectivity index (χ3n) is 17.5. The molecule has 42 heteroatoms. The molecule has 116 heavy (non-hydrogen) atoms. The van der Waals surface area contributed by atoms with Crippen molar-refractivity contribution in [3.8, 4) is 11.5 Å². The minimum Gasteiger partial charge on any atom is -0.508 e. The van der Waals surface area contributed by atoms with Gasteiger partial charge in [0, 0.05) is 31.9 Å². The fourth-order valence-electron chi connectivity index (χ4n) is 11.4. The number of benzene rings is 3. The lowest BCUT2D eigenvalue weighted by Gasteiger charge is -2.28. The number of aliphatic hydroxyl groups is 1. The monoisotopic (exact) mass is 1630 g/mol. The molecule has 0 aliphatic rings. The van der Waals surface area contributed by atoms with Gasteiger partial charge in [-0.15, -0.1) is 0 Å². The lowest BCUT2D eigenvalue weighted by atomic mass is 10.00. The highest BCUT2D eigenvalue weighted by molar-refractivity contribution is 6.00. The van der Waals surface area contributed by atoms with Crippen LogP contribution in [0.1, 0.15) is 109 Å².